The van der Waals surface area contributed by atoms with E-state index in [-0.39, 0.29) is 11.5 Å². The Hall–Kier alpha value is -2.08. The Balaban J connectivity index is 2.12. The van der Waals surface area contributed by atoms with Gasteiger partial charge in [-0.1, -0.05) is 15.9 Å². The van der Waals surface area contributed by atoms with Crippen molar-refractivity contribution in [3.8, 4) is 0 Å². The molecule has 2 aromatic rings. The van der Waals surface area contributed by atoms with Crippen LogP contribution in [0.4, 0.5) is 5.82 Å². The average molecular weight is 304 g/mol. The van der Waals surface area contributed by atoms with Gasteiger partial charge in [-0.05, 0) is 24.3 Å². The lowest BCUT2D eigenvalue weighted by Crippen LogP contribution is -2.30. The van der Waals surface area contributed by atoms with Gasteiger partial charge in [0.15, 0.2) is 0 Å². The molecule has 0 N–H and O–H groups in total. The lowest BCUT2D eigenvalue weighted by atomic mass is 10.2. The quantitative estimate of drug-likeness (QED) is 0.756. The number of imide groups is 1. The summed E-state index contributed by atoms with van der Waals surface area (Å²) in [6, 6.07) is 6.55. The maximum Gasteiger partial charge on any atom is 0.285 e. The van der Waals surface area contributed by atoms with Crippen molar-refractivity contribution in [3.05, 3.63) is 52.4 Å². The summed E-state index contributed by atoms with van der Waals surface area (Å²) < 4.78 is 0.747. The van der Waals surface area contributed by atoms with E-state index >= 15 is 0 Å². The predicted octanol–water partition coefficient (Wildman–Crippen LogP) is 2.04. The fraction of sp³-hybridized carbons (Fsp3) is 0. The molecular weight excluding hydrogens is 298 g/mol. The maximum absolute atomic E-state index is 12.1. The van der Waals surface area contributed by atoms with Crippen LogP contribution in [0, 0.1) is 0 Å². The molecule has 0 bridgehead atoms. The highest BCUT2D eigenvalue weighted by Crippen LogP contribution is 2.26. The summed E-state index contributed by atoms with van der Waals surface area (Å²) in [6.07, 6.45) is 3.01. The zero-order valence-corrected chi connectivity index (χ0v) is 10.6. The van der Waals surface area contributed by atoms with Gasteiger partial charge in [0.2, 0.25) is 0 Å². The molecule has 0 atom stereocenters. The molecule has 3 heterocycles. The summed E-state index contributed by atoms with van der Waals surface area (Å²) in [4.78, 5) is 33.2. The lowest BCUT2D eigenvalue weighted by molar-refractivity contribution is 0.0923. The minimum absolute atomic E-state index is 0.171. The molecule has 0 aromatic carbocycles. The first-order valence-corrected chi connectivity index (χ1v) is 5.93. The molecule has 6 heteroatoms. The van der Waals surface area contributed by atoms with Crippen molar-refractivity contribution in [2.24, 2.45) is 0 Å². The van der Waals surface area contributed by atoms with Crippen LogP contribution in [0.3, 0.4) is 0 Å². The molecule has 0 radical (unpaired) electrons. The molecule has 18 heavy (non-hydrogen) atoms. The first-order valence-electron chi connectivity index (χ1n) is 5.14. The number of anilines is 1. The van der Waals surface area contributed by atoms with E-state index in [1.165, 1.54) is 12.4 Å². The van der Waals surface area contributed by atoms with Crippen LogP contribution in [0.15, 0.2) is 41.1 Å². The van der Waals surface area contributed by atoms with Gasteiger partial charge < -0.3 is 0 Å². The predicted molar refractivity (Wildman–Crippen MR) is 67.3 cm³/mol. The molecule has 0 unspecified atom stereocenters. The van der Waals surface area contributed by atoms with E-state index in [4.69, 9.17) is 0 Å². The van der Waals surface area contributed by atoms with Gasteiger partial charge in [-0.3, -0.25) is 14.6 Å². The van der Waals surface area contributed by atoms with Crippen molar-refractivity contribution in [1.82, 2.24) is 9.97 Å². The Morgan fingerprint density at radius 2 is 1.89 bits per heavy atom. The Morgan fingerprint density at radius 3 is 2.61 bits per heavy atom. The van der Waals surface area contributed by atoms with Crippen LogP contribution in [0.25, 0.3) is 0 Å². The number of halogens is 1. The molecule has 0 fully saturated rings. The van der Waals surface area contributed by atoms with Crippen LogP contribution >= 0.6 is 15.9 Å². The van der Waals surface area contributed by atoms with Crippen molar-refractivity contribution >= 4 is 33.6 Å². The summed E-state index contributed by atoms with van der Waals surface area (Å²) >= 11 is 3.28. The number of pyridine rings is 2. The van der Waals surface area contributed by atoms with Crippen LogP contribution in [-0.4, -0.2) is 21.8 Å². The second kappa shape index (κ2) is 3.99. The lowest BCUT2D eigenvalue weighted by Gasteiger charge is -2.11. The minimum Gasteiger partial charge on any atom is -0.268 e. The third kappa shape index (κ3) is 1.53. The number of carbonyl (C=O) groups is 2. The van der Waals surface area contributed by atoms with Crippen molar-refractivity contribution in [2.75, 3.05) is 4.90 Å². The monoisotopic (exact) mass is 303 g/mol. The molecule has 0 saturated heterocycles. The van der Waals surface area contributed by atoms with Crippen LogP contribution in [-0.2, 0) is 0 Å². The first-order chi connectivity index (χ1) is 8.68. The molecule has 2 aromatic heterocycles. The summed E-state index contributed by atoms with van der Waals surface area (Å²) in [5, 5.41) is 0. The van der Waals surface area contributed by atoms with Crippen LogP contribution in [0.5, 0.6) is 0 Å². The Bertz CT molecular complexity index is 637. The van der Waals surface area contributed by atoms with E-state index in [0.717, 1.165) is 9.37 Å². The summed E-state index contributed by atoms with van der Waals surface area (Å²) in [5.41, 5.74) is 0.480. The van der Waals surface area contributed by atoms with Crippen molar-refractivity contribution in [2.45, 2.75) is 0 Å². The Kier molecular flexibility index (Phi) is 2.45. The number of hydrogen-bond donors (Lipinski definition) is 0. The largest absolute Gasteiger partial charge is 0.285 e. The van der Waals surface area contributed by atoms with Crippen LogP contribution in [0.2, 0.25) is 0 Å². The second-order valence-corrected chi connectivity index (χ2v) is 4.59. The van der Waals surface area contributed by atoms with Crippen molar-refractivity contribution in [3.63, 3.8) is 0 Å². The normalized spacial score (nSPS) is 13.9. The van der Waals surface area contributed by atoms with Crippen LogP contribution in [0.1, 0.15) is 20.8 Å². The van der Waals surface area contributed by atoms with E-state index in [1.54, 1.807) is 24.3 Å². The smallest absolute Gasteiger partial charge is 0.268 e. The molecular formula is C12H6BrN3O2. The molecule has 0 spiro atoms. The zero-order valence-electron chi connectivity index (χ0n) is 9.00. The van der Waals surface area contributed by atoms with Gasteiger partial charge in [0.1, 0.15) is 11.5 Å². The summed E-state index contributed by atoms with van der Waals surface area (Å²) in [7, 11) is 0. The van der Waals surface area contributed by atoms with Gasteiger partial charge in [0.05, 0.1) is 5.56 Å². The molecule has 1 aliphatic rings. The maximum atomic E-state index is 12.1. The highest BCUT2D eigenvalue weighted by atomic mass is 79.9. The van der Waals surface area contributed by atoms with Gasteiger partial charge in [-0.15, -0.1) is 0 Å². The highest BCUT2D eigenvalue weighted by Gasteiger charge is 2.38. The molecule has 5 nitrogen and oxygen atoms in total. The van der Waals surface area contributed by atoms with Gasteiger partial charge >= 0.3 is 0 Å². The molecule has 88 valence electrons. The highest BCUT2D eigenvalue weighted by molar-refractivity contribution is 9.10. The van der Waals surface area contributed by atoms with Crippen molar-refractivity contribution < 1.29 is 9.59 Å². The fourth-order valence-electron chi connectivity index (χ4n) is 1.79. The fourth-order valence-corrected chi connectivity index (χ4v) is 2.11. The van der Waals surface area contributed by atoms with Gasteiger partial charge in [-0.25, -0.2) is 9.88 Å². The molecule has 0 saturated carbocycles. The second-order valence-electron chi connectivity index (χ2n) is 3.68. The number of rotatable bonds is 1. The molecule has 3 rings (SSSR count). The van der Waals surface area contributed by atoms with E-state index in [0.29, 0.717) is 5.56 Å². The average Bonchev–Trinajstić information content (AvgIpc) is 2.63. The van der Waals surface area contributed by atoms with Gasteiger partial charge in [0, 0.05) is 16.9 Å². The molecule has 1 aliphatic heterocycles. The Labute approximate surface area is 111 Å². The molecule has 0 aliphatic carbocycles. The SMILES string of the molecule is O=C1c2cccnc2C(=O)N1c1cc(Br)ccn1. The molecule has 2 amide bonds. The number of nitrogens with zero attached hydrogens (tertiary/aromatic N) is 3. The summed E-state index contributed by atoms with van der Waals surface area (Å²) in [6.45, 7) is 0. The topological polar surface area (TPSA) is 63.2 Å². The number of amides is 2. The van der Waals surface area contributed by atoms with Crippen molar-refractivity contribution in [1.29, 1.82) is 0 Å². The number of aromatic nitrogens is 2. The summed E-state index contributed by atoms with van der Waals surface area (Å²) in [5.74, 6) is -0.549. The zero-order chi connectivity index (χ0) is 12.7. The van der Waals surface area contributed by atoms with E-state index < -0.39 is 11.8 Å². The standard InChI is InChI=1S/C12H6BrN3O2/c13-7-3-5-14-9(6-7)16-11(17)8-2-1-4-15-10(8)12(16)18/h1-6H. The minimum atomic E-state index is -0.443. The number of fused-ring (bicyclic) bond motifs is 1. The number of hydrogen-bond acceptors (Lipinski definition) is 4. The van der Waals surface area contributed by atoms with Gasteiger partial charge in [-0.2, -0.15) is 0 Å². The van der Waals surface area contributed by atoms with E-state index in [2.05, 4.69) is 25.9 Å². The van der Waals surface area contributed by atoms with Crippen LogP contribution < -0.4 is 4.90 Å². The van der Waals surface area contributed by atoms with Gasteiger partial charge in [0.25, 0.3) is 11.8 Å². The third-order valence-electron chi connectivity index (χ3n) is 2.58. The number of carbonyl (C=O) groups excluding carboxylic acids is 2. The van der Waals surface area contributed by atoms with E-state index in [1.807, 2.05) is 0 Å². The third-order valence-corrected chi connectivity index (χ3v) is 3.08. The Morgan fingerprint density at radius 1 is 1.06 bits per heavy atom. The first kappa shape index (κ1) is 11.0. The van der Waals surface area contributed by atoms with E-state index in [9.17, 15) is 9.59 Å².